The Hall–Kier alpha value is -2.13. The van der Waals surface area contributed by atoms with Crippen LogP contribution in [-0.4, -0.2) is 48.6 Å². The maximum atomic E-state index is 13.6. The van der Waals surface area contributed by atoms with Gasteiger partial charge in [0.15, 0.2) is 5.96 Å². The van der Waals surface area contributed by atoms with Crippen LogP contribution < -0.4 is 10.6 Å². The van der Waals surface area contributed by atoms with Crippen LogP contribution in [0.3, 0.4) is 0 Å². The number of likely N-dealkylation sites (tertiary alicyclic amines) is 1. The normalized spacial score (nSPS) is 16.5. The number of aliphatic imine (C=N–C) groups is 1. The molecule has 1 fully saturated rings. The molecule has 32 heavy (non-hydrogen) atoms. The highest BCUT2D eigenvalue weighted by molar-refractivity contribution is 14.0. The predicted molar refractivity (Wildman–Crippen MR) is 141 cm³/mol. The topological polar surface area (TPSA) is 55.5 Å². The van der Waals surface area contributed by atoms with E-state index in [4.69, 9.17) is 0 Å². The molecule has 172 valence electrons. The molecule has 5 nitrogen and oxygen atoms in total. The Balaban J connectivity index is 0.00000289. The van der Waals surface area contributed by atoms with E-state index < -0.39 is 0 Å². The highest BCUT2D eigenvalue weighted by Gasteiger charge is 2.24. The first kappa shape index (κ1) is 24.5. The van der Waals surface area contributed by atoms with Crippen LogP contribution in [0.15, 0.2) is 59.7 Å². The average molecular weight is 549 g/mol. The van der Waals surface area contributed by atoms with Gasteiger partial charge in [-0.1, -0.05) is 30.3 Å². The number of fused-ring (bicyclic) bond motifs is 1. The van der Waals surface area contributed by atoms with Crippen molar-refractivity contribution < 1.29 is 4.39 Å². The molecule has 0 amide bonds. The van der Waals surface area contributed by atoms with Gasteiger partial charge in [0.1, 0.15) is 5.82 Å². The molecule has 3 N–H and O–H groups in total. The van der Waals surface area contributed by atoms with Gasteiger partial charge < -0.3 is 15.6 Å². The second-order valence-electron chi connectivity index (χ2n) is 8.29. The van der Waals surface area contributed by atoms with E-state index >= 15 is 0 Å². The number of nitrogens with zero attached hydrogens (tertiary/aromatic N) is 2. The first-order chi connectivity index (χ1) is 15.1. The van der Waals surface area contributed by atoms with Gasteiger partial charge >= 0.3 is 0 Å². The van der Waals surface area contributed by atoms with Crippen molar-refractivity contribution in [2.24, 2.45) is 4.99 Å². The molecule has 3 aromatic rings. The molecule has 0 bridgehead atoms. The maximum Gasteiger partial charge on any atom is 0.191 e. The summed E-state index contributed by atoms with van der Waals surface area (Å²) >= 11 is 0. The number of piperidine rings is 1. The molecule has 0 aliphatic carbocycles. The molecule has 1 aliphatic heterocycles. The number of rotatable bonds is 6. The number of benzene rings is 2. The van der Waals surface area contributed by atoms with Crippen LogP contribution in [0, 0.1) is 5.82 Å². The number of nitrogens with one attached hydrogen (secondary N) is 3. The second kappa shape index (κ2) is 11.7. The number of guanidine groups is 1. The lowest BCUT2D eigenvalue weighted by Gasteiger charge is -2.37. The van der Waals surface area contributed by atoms with Crippen molar-refractivity contribution in [3.05, 3.63) is 71.7 Å². The summed E-state index contributed by atoms with van der Waals surface area (Å²) in [6, 6.07) is 16.5. The Labute approximate surface area is 206 Å². The van der Waals surface area contributed by atoms with Crippen LogP contribution in [0.4, 0.5) is 4.39 Å². The summed E-state index contributed by atoms with van der Waals surface area (Å²) in [5.41, 5.74) is 3.46. The molecule has 4 rings (SSSR count). The lowest BCUT2D eigenvalue weighted by molar-refractivity contribution is 0.158. The molecular formula is C25H33FIN5. The number of aromatic nitrogens is 1. The fourth-order valence-electron chi connectivity index (χ4n) is 4.43. The van der Waals surface area contributed by atoms with Crippen LogP contribution in [0.25, 0.3) is 10.9 Å². The number of halogens is 2. The standard InChI is InChI=1S/C25H32FN5.HI/c1-18(19-6-4-3-5-7-19)31-14-11-22(12-15-31)30-25(27-2)28-13-10-20-17-29-24-9-8-21(26)16-23(20)24;/h3-9,16-18,22,29H,10-15H2,1-2H3,(H2,27,28,30);1H. The summed E-state index contributed by atoms with van der Waals surface area (Å²) < 4.78 is 13.6. The van der Waals surface area contributed by atoms with E-state index in [9.17, 15) is 4.39 Å². The van der Waals surface area contributed by atoms with E-state index in [1.165, 1.54) is 11.6 Å². The van der Waals surface area contributed by atoms with Crippen molar-refractivity contribution in [3.63, 3.8) is 0 Å². The highest BCUT2D eigenvalue weighted by atomic mass is 127. The van der Waals surface area contributed by atoms with E-state index in [0.717, 1.165) is 61.3 Å². The van der Waals surface area contributed by atoms with Gasteiger partial charge in [0.2, 0.25) is 0 Å². The average Bonchev–Trinajstić information content (AvgIpc) is 3.21. The second-order valence-corrected chi connectivity index (χ2v) is 8.29. The van der Waals surface area contributed by atoms with Crippen LogP contribution in [0.2, 0.25) is 0 Å². The molecule has 0 spiro atoms. The minimum atomic E-state index is -0.202. The molecule has 1 saturated heterocycles. The summed E-state index contributed by atoms with van der Waals surface area (Å²) in [5.74, 6) is 0.632. The zero-order valence-corrected chi connectivity index (χ0v) is 21.1. The summed E-state index contributed by atoms with van der Waals surface area (Å²) in [6.45, 7) is 5.18. The SMILES string of the molecule is CN=C(NCCc1c[nH]c2ccc(F)cc12)NC1CCN(C(C)c2ccccc2)CC1.I. The van der Waals surface area contributed by atoms with Gasteiger partial charge in [0, 0.05) is 55.9 Å². The van der Waals surface area contributed by atoms with Crippen LogP contribution >= 0.6 is 24.0 Å². The summed E-state index contributed by atoms with van der Waals surface area (Å²) in [6.07, 6.45) is 4.96. The van der Waals surface area contributed by atoms with Gasteiger partial charge in [-0.3, -0.25) is 9.89 Å². The molecule has 1 atom stereocenters. The Bertz CT molecular complexity index is 1010. The third kappa shape index (κ3) is 6.01. The number of hydrogen-bond acceptors (Lipinski definition) is 2. The zero-order valence-electron chi connectivity index (χ0n) is 18.8. The Morgan fingerprint density at radius 1 is 1.19 bits per heavy atom. The van der Waals surface area contributed by atoms with E-state index in [1.807, 2.05) is 13.2 Å². The molecule has 7 heteroatoms. The van der Waals surface area contributed by atoms with Gasteiger partial charge in [0.25, 0.3) is 0 Å². The zero-order chi connectivity index (χ0) is 21.6. The van der Waals surface area contributed by atoms with Crippen LogP contribution in [0.1, 0.15) is 36.9 Å². The summed E-state index contributed by atoms with van der Waals surface area (Å²) in [7, 11) is 1.81. The van der Waals surface area contributed by atoms with Crippen molar-refractivity contribution in [1.82, 2.24) is 20.5 Å². The van der Waals surface area contributed by atoms with Crippen molar-refractivity contribution in [1.29, 1.82) is 0 Å². The van der Waals surface area contributed by atoms with Crippen LogP contribution in [0.5, 0.6) is 0 Å². The molecular weight excluding hydrogens is 516 g/mol. The van der Waals surface area contributed by atoms with Gasteiger partial charge in [0.05, 0.1) is 0 Å². The molecule has 0 radical (unpaired) electrons. The first-order valence-electron chi connectivity index (χ1n) is 11.2. The fourth-order valence-corrected chi connectivity index (χ4v) is 4.43. The Morgan fingerprint density at radius 2 is 1.94 bits per heavy atom. The molecule has 2 heterocycles. The van der Waals surface area contributed by atoms with Crippen molar-refractivity contribution in [2.75, 3.05) is 26.7 Å². The summed E-state index contributed by atoms with van der Waals surface area (Å²) in [4.78, 5) is 10.2. The quantitative estimate of drug-likeness (QED) is 0.234. The van der Waals surface area contributed by atoms with Crippen molar-refractivity contribution in [2.45, 2.75) is 38.3 Å². The molecule has 1 unspecified atom stereocenters. The van der Waals surface area contributed by atoms with Gasteiger partial charge in [-0.15, -0.1) is 24.0 Å². The van der Waals surface area contributed by atoms with Gasteiger partial charge in [-0.2, -0.15) is 0 Å². The Morgan fingerprint density at radius 3 is 2.66 bits per heavy atom. The molecule has 1 aromatic heterocycles. The lowest BCUT2D eigenvalue weighted by atomic mass is 10.0. The van der Waals surface area contributed by atoms with Crippen LogP contribution in [-0.2, 0) is 6.42 Å². The monoisotopic (exact) mass is 549 g/mol. The molecule has 2 aromatic carbocycles. The van der Waals surface area contributed by atoms with E-state index in [2.05, 4.69) is 62.8 Å². The number of H-pyrrole nitrogens is 1. The fraction of sp³-hybridized carbons (Fsp3) is 0.400. The third-order valence-corrected chi connectivity index (χ3v) is 6.34. The predicted octanol–water partition coefficient (Wildman–Crippen LogP) is 4.86. The van der Waals surface area contributed by atoms with E-state index in [-0.39, 0.29) is 29.8 Å². The molecule has 0 saturated carbocycles. The number of aromatic amines is 1. The molecule has 1 aliphatic rings. The first-order valence-corrected chi connectivity index (χ1v) is 11.2. The van der Waals surface area contributed by atoms with Crippen molar-refractivity contribution in [3.8, 4) is 0 Å². The third-order valence-electron chi connectivity index (χ3n) is 6.34. The summed E-state index contributed by atoms with van der Waals surface area (Å²) in [5, 5.41) is 7.94. The van der Waals surface area contributed by atoms with Gasteiger partial charge in [-0.25, -0.2) is 4.39 Å². The smallest absolute Gasteiger partial charge is 0.191 e. The van der Waals surface area contributed by atoms with E-state index in [0.29, 0.717) is 12.1 Å². The van der Waals surface area contributed by atoms with Gasteiger partial charge in [-0.05, 0) is 55.5 Å². The maximum absolute atomic E-state index is 13.6. The minimum absolute atomic E-state index is 0. The highest BCUT2D eigenvalue weighted by Crippen LogP contribution is 2.24. The minimum Gasteiger partial charge on any atom is -0.361 e. The Kier molecular flexibility index (Phi) is 8.92. The van der Waals surface area contributed by atoms with E-state index in [1.54, 1.807) is 12.1 Å². The lowest BCUT2D eigenvalue weighted by Crippen LogP contribution is -2.49. The van der Waals surface area contributed by atoms with Crippen molar-refractivity contribution >= 4 is 40.8 Å². The largest absolute Gasteiger partial charge is 0.361 e. The number of hydrogen-bond donors (Lipinski definition) is 3.